The number of sulfonamides is 1. The number of nitrogens with one attached hydrogen (secondary N) is 2. The van der Waals surface area contributed by atoms with E-state index in [0.717, 1.165) is 37.7 Å². The second-order valence-corrected chi connectivity index (χ2v) is 8.93. The van der Waals surface area contributed by atoms with Gasteiger partial charge in [0.1, 0.15) is 4.90 Å². The Morgan fingerprint density at radius 2 is 1.75 bits per heavy atom. The molecule has 3 N–H and O–H groups in total. The van der Waals surface area contributed by atoms with Crippen molar-refractivity contribution in [2.45, 2.75) is 56.0 Å². The van der Waals surface area contributed by atoms with Gasteiger partial charge in [0.15, 0.2) is 0 Å². The lowest BCUT2D eigenvalue weighted by Gasteiger charge is -2.24. The molecular weight excluding hydrogens is 376 g/mol. The summed E-state index contributed by atoms with van der Waals surface area (Å²) in [6.45, 7) is 1.94. The maximum atomic E-state index is 13.1. The predicted octanol–water partition coefficient (Wildman–Crippen LogP) is 4.17. The Labute approximate surface area is 166 Å². The quantitative estimate of drug-likeness (QED) is 0.646. The predicted molar refractivity (Wildman–Crippen MR) is 109 cm³/mol. The lowest BCUT2D eigenvalue weighted by molar-refractivity contribution is 0.0696. The van der Waals surface area contributed by atoms with E-state index in [1.54, 1.807) is 0 Å². The van der Waals surface area contributed by atoms with E-state index in [-0.39, 0.29) is 22.5 Å². The Morgan fingerprint density at radius 1 is 1.07 bits per heavy atom. The minimum absolute atomic E-state index is 0.0271. The Hall–Kier alpha value is -2.38. The summed E-state index contributed by atoms with van der Waals surface area (Å²) in [7, 11) is -3.85. The molecule has 28 heavy (non-hydrogen) atoms. The molecule has 0 aromatic heterocycles. The van der Waals surface area contributed by atoms with E-state index in [9.17, 15) is 18.3 Å². The van der Waals surface area contributed by atoms with Crippen LogP contribution in [0.25, 0.3) is 0 Å². The van der Waals surface area contributed by atoms with Crippen molar-refractivity contribution in [3.05, 3.63) is 59.7 Å². The second kappa shape index (κ2) is 8.75. The van der Waals surface area contributed by atoms with Crippen LogP contribution in [0.15, 0.2) is 53.4 Å². The van der Waals surface area contributed by atoms with Crippen molar-refractivity contribution in [2.75, 3.05) is 5.32 Å². The summed E-state index contributed by atoms with van der Waals surface area (Å²) in [5.41, 5.74) is 1.35. The Balaban J connectivity index is 1.92. The van der Waals surface area contributed by atoms with Gasteiger partial charge in [-0.25, -0.2) is 17.9 Å². The molecule has 2 aromatic rings. The molecule has 0 saturated heterocycles. The smallest absolute Gasteiger partial charge is 0.335 e. The van der Waals surface area contributed by atoms with Gasteiger partial charge >= 0.3 is 5.97 Å². The van der Waals surface area contributed by atoms with Crippen LogP contribution in [0.1, 0.15) is 61.0 Å². The Kier molecular flexibility index (Phi) is 6.36. The molecule has 0 bridgehead atoms. The van der Waals surface area contributed by atoms with Crippen LogP contribution in [-0.4, -0.2) is 25.5 Å². The highest BCUT2D eigenvalue weighted by Crippen LogP contribution is 2.28. The molecule has 0 amide bonds. The lowest BCUT2D eigenvalue weighted by Crippen LogP contribution is -2.36. The summed E-state index contributed by atoms with van der Waals surface area (Å²) in [5, 5.41) is 12.5. The average Bonchev–Trinajstić information content (AvgIpc) is 2.69. The van der Waals surface area contributed by atoms with Crippen LogP contribution in [0.5, 0.6) is 0 Å². The number of hydrogen-bond donors (Lipinski definition) is 3. The number of carbonyl (C=O) groups is 1. The van der Waals surface area contributed by atoms with E-state index in [0.29, 0.717) is 5.69 Å². The minimum Gasteiger partial charge on any atom is -0.478 e. The summed E-state index contributed by atoms with van der Waals surface area (Å²) in [4.78, 5) is 11.4. The molecule has 3 rings (SSSR count). The zero-order chi connectivity index (χ0) is 20.1. The molecule has 6 nitrogen and oxygen atoms in total. The van der Waals surface area contributed by atoms with E-state index in [1.807, 2.05) is 37.3 Å². The van der Waals surface area contributed by atoms with Crippen LogP contribution >= 0.6 is 0 Å². The molecule has 1 aliphatic carbocycles. The van der Waals surface area contributed by atoms with Crippen LogP contribution in [0.3, 0.4) is 0 Å². The number of benzene rings is 2. The van der Waals surface area contributed by atoms with Crippen molar-refractivity contribution in [3.8, 4) is 0 Å². The van der Waals surface area contributed by atoms with Crippen molar-refractivity contribution in [2.24, 2.45) is 0 Å². The van der Waals surface area contributed by atoms with Crippen LogP contribution in [0.4, 0.5) is 5.69 Å². The van der Waals surface area contributed by atoms with Crippen molar-refractivity contribution in [1.29, 1.82) is 0 Å². The van der Waals surface area contributed by atoms with Gasteiger partial charge in [-0.3, -0.25) is 0 Å². The van der Waals surface area contributed by atoms with Gasteiger partial charge in [-0.1, -0.05) is 49.6 Å². The fourth-order valence-corrected chi connectivity index (χ4v) is 5.06. The van der Waals surface area contributed by atoms with Gasteiger partial charge in [0, 0.05) is 12.1 Å². The Morgan fingerprint density at radius 3 is 2.39 bits per heavy atom. The van der Waals surface area contributed by atoms with Crippen LogP contribution in [0.2, 0.25) is 0 Å². The summed E-state index contributed by atoms with van der Waals surface area (Å²) in [5.74, 6) is -1.16. The van der Waals surface area contributed by atoms with Gasteiger partial charge in [0.2, 0.25) is 10.0 Å². The number of carboxylic acid groups (broad SMARTS) is 1. The first-order valence-corrected chi connectivity index (χ1v) is 11.1. The number of aromatic carboxylic acids is 1. The van der Waals surface area contributed by atoms with E-state index >= 15 is 0 Å². The molecule has 1 saturated carbocycles. The first kappa shape index (κ1) is 20.4. The maximum Gasteiger partial charge on any atom is 0.335 e. The normalized spacial score (nSPS) is 16.5. The van der Waals surface area contributed by atoms with Gasteiger partial charge in [0.25, 0.3) is 0 Å². The van der Waals surface area contributed by atoms with E-state index in [1.165, 1.54) is 18.2 Å². The molecule has 7 heteroatoms. The van der Waals surface area contributed by atoms with Crippen LogP contribution in [-0.2, 0) is 10.0 Å². The van der Waals surface area contributed by atoms with Gasteiger partial charge in [0.05, 0.1) is 11.3 Å². The highest BCUT2D eigenvalue weighted by Gasteiger charge is 2.26. The number of anilines is 1. The summed E-state index contributed by atoms with van der Waals surface area (Å²) in [6, 6.07) is 13.6. The number of hydrogen-bond acceptors (Lipinski definition) is 4. The highest BCUT2D eigenvalue weighted by molar-refractivity contribution is 7.89. The molecule has 0 heterocycles. The van der Waals surface area contributed by atoms with Crippen LogP contribution in [0, 0.1) is 0 Å². The molecular formula is C21H26N2O4S. The van der Waals surface area contributed by atoms with Crippen molar-refractivity contribution in [3.63, 3.8) is 0 Å². The van der Waals surface area contributed by atoms with E-state index in [4.69, 9.17) is 0 Å². The summed E-state index contributed by atoms with van der Waals surface area (Å²) < 4.78 is 28.9. The zero-order valence-corrected chi connectivity index (χ0v) is 16.7. The number of carboxylic acids is 1. The SMILES string of the molecule is CC(Nc1ccc(C(=O)O)cc1S(=O)(=O)NC1CCCCC1)c1ccccc1. The maximum absolute atomic E-state index is 13.1. The first-order valence-electron chi connectivity index (χ1n) is 9.58. The largest absolute Gasteiger partial charge is 0.478 e. The molecule has 0 radical (unpaired) electrons. The van der Waals surface area contributed by atoms with Gasteiger partial charge in [-0.2, -0.15) is 0 Å². The van der Waals surface area contributed by atoms with Gasteiger partial charge in [-0.05, 0) is 43.5 Å². The van der Waals surface area contributed by atoms with Crippen molar-refractivity contribution < 1.29 is 18.3 Å². The highest BCUT2D eigenvalue weighted by atomic mass is 32.2. The average molecular weight is 403 g/mol. The minimum atomic E-state index is -3.85. The standard InChI is InChI=1S/C21H26N2O4S/c1-15(16-8-4-2-5-9-16)22-19-13-12-17(21(24)25)14-20(19)28(26,27)23-18-10-6-3-7-11-18/h2,4-5,8-9,12-15,18,22-23H,3,6-7,10-11H2,1H3,(H,24,25). The molecule has 0 aliphatic heterocycles. The van der Waals surface area contributed by atoms with Crippen molar-refractivity contribution >= 4 is 21.7 Å². The van der Waals surface area contributed by atoms with E-state index in [2.05, 4.69) is 10.0 Å². The third-order valence-electron chi connectivity index (χ3n) is 5.12. The lowest BCUT2D eigenvalue weighted by atomic mass is 9.96. The monoisotopic (exact) mass is 402 g/mol. The third-order valence-corrected chi connectivity index (χ3v) is 6.68. The molecule has 1 atom stereocenters. The molecule has 0 spiro atoms. The fraction of sp³-hybridized carbons (Fsp3) is 0.381. The fourth-order valence-electron chi connectivity index (χ4n) is 3.56. The van der Waals surface area contributed by atoms with E-state index < -0.39 is 16.0 Å². The zero-order valence-electron chi connectivity index (χ0n) is 15.9. The molecule has 1 unspecified atom stereocenters. The van der Waals surface area contributed by atoms with Gasteiger partial charge in [-0.15, -0.1) is 0 Å². The Bertz CT molecular complexity index is 923. The first-order chi connectivity index (χ1) is 13.4. The number of rotatable bonds is 7. The third kappa shape index (κ3) is 4.91. The molecule has 150 valence electrons. The van der Waals surface area contributed by atoms with Gasteiger partial charge < -0.3 is 10.4 Å². The molecule has 1 aliphatic rings. The summed E-state index contributed by atoms with van der Waals surface area (Å²) in [6.07, 6.45) is 4.73. The van der Waals surface area contributed by atoms with Crippen LogP contribution < -0.4 is 10.0 Å². The molecule has 2 aromatic carbocycles. The second-order valence-electron chi connectivity index (χ2n) is 7.25. The topological polar surface area (TPSA) is 95.5 Å². The molecule has 1 fully saturated rings. The summed E-state index contributed by atoms with van der Waals surface area (Å²) >= 11 is 0. The van der Waals surface area contributed by atoms with Crippen molar-refractivity contribution in [1.82, 2.24) is 4.72 Å².